The van der Waals surface area contributed by atoms with Gasteiger partial charge in [-0.15, -0.1) is 11.3 Å². The number of hydrogen-bond acceptors (Lipinski definition) is 6. The fourth-order valence-electron chi connectivity index (χ4n) is 4.95. The van der Waals surface area contributed by atoms with Crippen molar-refractivity contribution in [2.24, 2.45) is 0 Å². The Morgan fingerprint density at radius 2 is 1.97 bits per heavy atom. The maximum absolute atomic E-state index is 13.5. The lowest BCUT2D eigenvalue weighted by Gasteiger charge is -2.17. The second kappa shape index (κ2) is 8.59. The van der Waals surface area contributed by atoms with Crippen LogP contribution in [0.2, 0.25) is 0 Å². The van der Waals surface area contributed by atoms with Crippen LogP contribution in [0.1, 0.15) is 67.0 Å². The summed E-state index contributed by atoms with van der Waals surface area (Å²) in [5, 5.41) is 10.6. The number of aryl methyl sites for hydroxylation is 1. The van der Waals surface area contributed by atoms with Crippen LogP contribution < -0.4 is 5.32 Å². The lowest BCUT2D eigenvalue weighted by Crippen LogP contribution is -2.34. The molecule has 32 heavy (non-hydrogen) atoms. The Bertz CT molecular complexity index is 1240. The van der Waals surface area contributed by atoms with Gasteiger partial charge in [0.25, 0.3) is 5.91 Å². The minimum Gasteiger partial charge on any atom is -0.349 e. The molecule has 1 aliphatic carbocycles. The number of nitrogens with zero attached hydrogens (tertiary/aromatic N) is 3. The molecule has 1 N–H and O–H groups in total. The van der Waals surface area contributed by atoms with Gasteiger partial charge in [-0.05, 0) is 43.7 Å². The van der Waals surface area contributed by atoms with Crippen molar-refractivity contribution < 1.29 is 13.2 Å². The molecule has 2 aliphatic rings. The van der Waals surface area contributed by atoms with Crippen molar-refractivity contribution in [3.05, 3.63) is 34.8 Å². The van der Waals surface area contributed by atoms with E-state index in [4.69, 9.17) is 4.98 Å². The lowest BCUT2D eigenvalue weighted by atomic mass is 10.1. The van der Waals surface area contributed by atoms with Crippen LogP contribution in [0.4, 0.5) is 0 Å². The molecule has 0 unspecified atom stereocenters. The molecule has 3 aromatic rings. The highest BCUT2D eigenvalue weighted by Crippen LogP contribution is 2.33. The van der Waals surface area contributed by atoms with Crippen molar-refractivity contribution in [3.63, 3.8) is 0 Å². The van der Waals surface area contributed by atoms with Gasteiger partial charge in [0.15, 0.2) is 15.5 Å². The number of nitrogens with one attached hydrogen (secondary N) is 1. The first kappa shape index (κ1) is 21.6. The largest absolute Gasteiger partial charge is 0.349 e. The van der Waals surface area contributed by atoms with E-state index in [-0.39, 0.29) is 29.5 Å². The average Bonchev–Trinajstić information content (AvgIpc) is 3.44. The van der Waals surface area contributed by atoms with Crippen molar-refractivity contribution in [1.29, 1.82) is 0 Å². The molecular formula is C23H28N4O3S2. The number of rotatable bonds is 4. The minimum atomic E-state index is -3.07. The first-order valence-corrected chi connectivity index (χ1v) is 14.1. The molecule has 1 aliphatic heterocycles. The normalized spacial score (nSPS) is 21.6. The molecule has 1 saturated carbocycles. The summed E-state index contributed by atoms with van der Waals surface area (Å²) in [6, 6.07) is 5.75. The molecule has 5 rings (SSSR count). The second-order valence-electron chi connectivity index (χ2n) is 8.98. The summed E-state index contributed by atoms with van der Waals surface area (Å²) in [6.45, 7) is 1.87. The predicted molar refractivity (Wildman–Crippen MR) is 127 cm³/mol. The molecule has 3 aromatic heterocycles. The van der Waals surface area contributed by atoms with E-state index < -0.39 is 9.84 Å². The van der Waals surface area contributed by atoms with E-state index in [2.05, 4.69) is 10.4 Å². The standard InChI is InChI=1S/C23H28N4O3S2/c1-15-21-18(23(28)24-16-7-4-2-3-5-8-16)13-19(20-9-6-11-31-20)25-22(21)27(26-15)17-10-12-32(29,30)14-17/h6,9,11,13,16-17H,2-5,7-8,10,12,14H2,1H3,(H,24,28)/t17-/m0/s1. The van der Waals surface area contributed by atoms with Crippen LogP contribution in [0.3, 0.4) is 0 Å². The van der Waals surface area contributed by atoms with E-state index in [1.165, 1.54) is 12.8 Å². The second-order valence-corrected chi connectivity index (χ2v) is 12.2. The number of carbonyl (C=O) groups is 1. The third-order valence-corrected chi connectivity index (χ3v) is 9.24. The maximum Gasteiger partial charge on any atom is 0.252 e. The van der Waals surface area contributed by atoms with Gasteiger partial charge in [0, 0.05) is 6.04 Å². The number of carbonyl (C=O) groups excluding carboxylic acids is 1. The van der Waals surface area contributed by atoms with Crippen molar-refractivity contribution in [1.82, 2.24) is 20.1 Å². The number of hydrogen-bond donors (Lipinski definition) is 1. The zero-order valence-electron chi connectivity index (χ0n) is 18.2. The fraction of sp³-hybridized carbons (Fsp3) is 0.522. The smallest absolute Gasteiger partial charge is 0.252 e. The molecule has 0 radical (unpaired) electrons. The van der Waals surface area contributed by atoms with Crippen LogP contribution in [0, 0.1) is 6.92 Å². The van der Waals surface area contributed by atoms with Gasteiger partial charge in [0.1, 0.15) is 0 Å². The Morgan fingerprint density at radius 3 is 2.62 bits per heavy atom. The van der Waals surface area contributed by atoms with E-state index in [0.29, 0.717) is 23.3 Å². The van der Waals surface area contributed by atoms with Crippen LogP contribution in [-0.2, 0) is 9.84 Å². The topological polar surface area (TPSA) is 93.9 Å². The Hall–Kier alpha value is -2.26. The van der Waals surface area contributed by atoms with Gasteiger partial charge in [-0.3, -0.25) is 4.79 Å². The molecule has 1 saturated heterocycles. The Kier molecular flexibility index (Phi) is 5.79. The molecule has 1 atom stereocenters. The Morgan fingerprint density at radius 1 is 1.19 bits per heavy atom. The number of amides is 1. The predicted octanol–water partition coefficient (Wildman–Crippen LogP) is 4.28. The molecule has 1 amide bonds. The first-order chi connectivity index (χ1) is 15.4. The van der Waals surface area contributed by atoms with Crippen LogP contribution in [0.15, 0.2) is 23.6 Å². The van der Waals surface area contributed by atoms with Gasteiger partial charge in [-0.1, -0.05) is 31.7 Å². The molecule has 2 fully saturated rings. The monoisotopic (exact) mass is 472 g/mol. The van der Waals surface area contributed by atoms with E-state index in [1.54, 1.807) is 16.0 Å². The number of aromatic nitrogens is 3. The summed E-state index contributed by atoms with van der Waals surface area (Å²) in [5.74, 6) is 0.138. The third kappa shape index (κ3) is 4.20. The third-order valence-electron chi connectivity index (χ3n) is 6.60. The summed E-state index contributed by atoms with van der Waals surface area (Å²) >= 11 is 1.57. The molecule has 0 spiro atoms. The van der Waals surface area contributed by atoms with Crippen LogP contribution in [0.5, 0.6) is 0 Å². The van der Waals surface area contributed by atoms with Gasteiger partial charge < -0.3 is 5.32 Å². The van der Waals surface area contributed by atoms with Gasteiger partial charge >= 0.3 is 0 Å². The molecule has 0 bridgehead atoms. The summed E-state index contributed by atoms with van der Waals surface area (Å²) in [7, 11) is -3.07. The van der Waals surface area contributed by atoms with Crippen LogP contribution in [-0.4, -0.2) is 46.6 Å². The molecular weight excluding hydrogens is 444 g/mol. The number of sulfone groups is 1. The van der Waals surface area contributed by atoms with Crippen molar-refractivity contribution in [3.8, 4) is 10.6 Å². The average molecular weight is 473 g/mol. The highest BCUT2D eigenvalue weighted by Gasteiger charge is 2.32. The van der Waals surface area contributed by atoms with Crippen molar-refractivity contribution in [2.75, 3.05) is 11.5 Å². The van der Waals surface area contributed by atoms with Gasteiger partial charge in [0.2, 0.25) is 0 Å². The highest BCUT2D eigenvalue weighted by molar-refractivity contribution is 7.91. The number of fused-ring (bicyclic) bond motifs is 1. The molecule has 0 aromatic carbocycles. The zero-order chi connectivity index (χ0) is 22.3. The van der Waals surface area contributed by atoms with Gasteiger partial charge in [0.05, 0.1) is 44.8 Å². The van der Waals surface area contributed by atoms with E-state index in [0.717, 1.165) is 41.6 Å². The summed E-state index contributed by atoms with van der Waals surface area (Å²) in [5.41, 5.74) is 2.61. The summed E-state index contributed by atoms with van der Waals surface area (Å²) in [6.07, 6.45) is 7.28. The fourth-order valence-corrected chi connectivity index (χ4v) is 7.33. The quantitative estimate of drug-likeness (QED) is 0.572. The lowest BCUT2D eigenvalue weighted by molar-refractivity contribution is 0.0935. The number of pyridine rings is 1. The van der Waals surface area contributed by atoms with E-state index in [1.807, 2.05) is 30.5 Å². The molecule has 170 valence electrons. The summed E-state index contributed by atoms with van der Waals surface area (Å²) in [4.78, 5) is 19.3. The SMILES string of the molecule is Cc1nn([C@H]2CCS(=O)(=O)C2)c2nc(-c3cccs3)cc(C(=O)NC3CCCCCC3)c12. The van der Waals surface area contributed by atoms with Crippen molar-refractivity contribution in [2.45, 2.75) is 64.0 Å². The van der Waals surface area contributed by atoms with Crippen LogP contribution in [0.25, 0.3) is 21.6 Å². The minimum absolute atomic E-state index is 0.0672. The number of thiophene rings is 1. The van der Waals surface area contributed by atoms with E-state index >= 15 is 0 Å². The van der Waals surface area contributed by atoms with Crippen molar-refractivity contribution >= 4 is 38.1 Å². The Labute approximate surface area is 192 Å². The zero-order valence-corrected chi connectivity index (χ0v) is 19.8. The van der Waals surface area contributed by atoms with E-state index in [9.17, 15) is 13.2 Å². The van der Waals surface area contributed by atoms with Gasteiger partial charge in [-0.25, -0.2) is 18.1 Å². The Balaban J connectivity index is 1.60. The molecule has 4 heterocycles. The summed E-state index contributed by atoms with van der Waals surface area (Å²) < 4.78 is 26.0. The molecule has 9 heteroatoms. The molecule has 7 nitrogen and oxygen atoms in total. The van der Waals surface area contributed by atoms with Gasteiger partial charge in [-0.2, -0.15) is 5.10 Å². The maximum atomic E-state index is 13.5. The highest BCUT2D eigenvalue weighted by atomic mass is 32.2. The first-order valence-electron chi connectivity index (χ1n) is 11.4. The van der Waals surface area contributed by atoms with Crippen LogP contribution >= 0.6 is 11.3 Å².